The number of nitrogens with zero attached hydrogens (tertiary/aromatic N) is 2. The summed E-state index contributed by atoms with van der Waals surface area (Å²) in [5, 5.41) is 3.02. The summed E-state index contributed by atoms with van der Waals surface area (Å²) in [6, 6.07) is 18.7. The summed E-state index contributed by atoms with van der Waals surface area (Å²) >= 11 is 0. The molecule has 0 radical (unpaired) electrons. The number of amides is 2. The van der Waals surface area contributed by atoms with Crippen molar-refractivity contribution in [1.82, 2.24) is 0 Å². The molecule has 1 aliphatic rings. The monoisotopic (exact) mass is 338 g/mol. The van der Waals surface area contributed by atoms with E-state index in [1.807, 2.05) is 74.5 Å². The molecule has 1 heterocycles. The van der Waals surface area contributed by atoms with Gasteiger partial charge in [-0.25, -0.2) is 10.0 Å². The lowest BCUT2D eigenvalue weighted by Crippen LogP contribution is -2.41. The standard InChI is InChI=1S/C19H20N2O2.C2H6/c1-2-3-14-17-18(22)20(15-10-6-4-7-11-15)21(19(17)23)16-12-8-5-9-13-16;1-2/h4-13,17H,2-3,14H2,1H3;1-2H3. The number of hydrogen-bond donors (Lipinski definition) is 0. The smallest absolute Gasteiger partial charge is 0.258 e. The zero-order valence-corrected chi connectivity index (χ0v) is 15.2. The van der Waals surface area contributed by atoms with Gasteiger partial charge in [-0.3, -0.25) is 9.59 Å². The van der Waals surface area contributed by atoms with Crippen molar-refractivity contribution in [2.45, 2.75) is 40.0 Å². The fraction of sp³-hybridized carbons (Fsp3) is 0.333. The largest absolute Gasteiger partial charge is 0.272 e. The normalized spacial score (nSPS) is 14.5. The molecular weight excluding hydrogens is 312 g/mol. The minimum Gasteiger partial charge on any atom is -0.272 e. The molecule has 0 spiro atoms. The Balaban J connectivity index is 0.00000109. The van der Waals surface area contributed by atoms with Crippen LogP contribution in [-0.4, -0.2) is 11.8 Å². The van der Waals surface area contributed by atoms with Gasteiger partial charge in [0.05, 0.1) is 11.4 Å². The number of carbonyl (C=O) groups is 2. The Morgan fingerprint density at radius 1 is 0.760 bits per heavy atom. The molecule has 0 aromatic heterocycles. The molecule has 1 saturated heterocycles. The predicted molar refractivity (Wildman–Crippen MR) is 102 cm³/mol. The molecule has 0 saturated carbocycles. The molecule has 132 valence electrons. The Labute approximate surface area is 150 Å². The number of para-hydroxylation sites is 2. The van der Waals surface area contributed by atoms with E-state index in [1.54, 1.807) is 0 Å². The molecule has 2 amide bonds. The first-order chi connectivity index (χ1) is 12.2. The first kappa shape index (κ1) is 18.7. The van der Waals surface area contributed by atoms with Gasteiger partial charge < -0.3 is 0 Å². The fourth-order valence-corrected chi connectivity index (χ4v) is 2.88. The van der Waals surface area contributed by atoms with Crippen LogP contribution in [0.25, 0.3) is 0 Å². The van der Waals surface area contributed by atoms with Crippen molar-refractivity contribution in [2.75, 3.05) is 10.0 Å². The Kier molecular flexibility index (Phi) is 6.75. The summed E-state index contributed by atoms with van der Waals surface area (Å²) in [5.41, 5.74) is 1.43. The summed E-state index contributed by atoms with van der Waals surface area (Å²) in [6.45, 7) is 6.06. The molecule has 4 nitrogen and oxygen atoms in total. The third-order valence-corrected chi connectivity index (χ3v) is 4.06. The van der Waals surface area contributed by atoms with E-state index >= 15 is 0 Å². The molecule has 0 bridgehead atoms. The highest BCUT2D eigenvalue weighted by atomic mass is 16.2. The third kappa shape index (κ3) is 3.90. The minimum atomic E-state index is -0.588. The van der Waals surface area contributed by atoms with Gasteiger partial charge in [0, 0.05) is 0 Å². The average molecular weight is 338 g/mol. The molecule has 1 aliphatic heterocycles. The van der Waals surface area contributed by atoms with E-state index < -0.39 is 5.92 Å². The van der Waals surface area contributed by atoms with E-state index in [0.717, 1.165) is 12.8 Å². The van der Waals surface area contributed by atoms with Crippen molar-refractivity contribution in [3.8, 4) is 0 Å². The summed E-state index contributed by atoms with van der Waals surface area (Å²) < 4.78 is 0. The van der Waals surface area contributed by atoms with Crippen molar-refractivity contribution in [1.29, 1.82) is 0 Å². The SMILES string of the molecule is CC.CCCCC1C(=O)N(c2ccccc2)N(c2ccccc2)C1=O. The topological polar surface area (TPSA) is 40.6 Å². The van der Waals surface area contributed by atoms with Gasteiger partial charge >= 0.3 is 0 Å². The molecule has 4 heteroatoms. The quantitative estimate of drug-likeness (QED) is 0.734. The summed E-state index contributed by atoms with van der Waals surface area (Å²) in [4.78, 5) is 25.7. The second-order valence-corrected chi connectivity index (χ2v) is 5.67. The minimum absolute atomic E-state index is 0.140. The van der Waals surface area contributed by atoms with Crippen LogP contribution >= 0.6 is 0 Å². The van der Waals surface area contributed by atoms with Crippen LogP contribution in [0, 0.1) is 5.92 Å². The van der Waals surface area contributed by atoms with Crippen LogP contribution in [0.5, 0.6) is 0 Å². The summed E-state index contributed by atoms with van der Waals surface area (Å²) in [6.07, 6.45) is 2.43. The molecule has 0 aliphatic carbocycles. The van der Waals surface area contributed by atoms with Gasteiger partial charge in [-0.05, 0) is 30.7 Å². The number of anilines is 2. The predicted octanol–water partition coefficient (Wildman–Crippen LogP) is 4.81. The average Bonchev–Trinajstić information content (AvgIpc) is 2.93. The Morgan fingerprint density at radius 3 is 1.52 bits per heavy atom. The van der Waals surface area contributed by atoms with E-state index in [4.69, 9.17) is 0 Å². The lowest BCUT2D eigenvalue weighted by Gasteiger charge is -2.27. The Morgan fingerprint density at radius 2 is 1.16 bits per heavy atom. The van der Waals surface area contributed by atoms with Crippen LogP contribution in [0.4, 0.5) is 11.4 Å². The maximum atomic E-state index is 12.9. The molecule has 0 unspecified atom stereocenters. The van der Waals surface area contributed by atoms with Gasteiger partial charge in [-0.2, -0.15) is 0 Å². The van der Waals surface area contributed by atoms with Crippen molar-refractivity contribution < 1.29 is 9.59 Å². The van der Waals surface area contributed by atoms with Gasteiger partial charge in [0.15, 0.2) is 0 Å². The van der Waals surface area contributed by atoms with Crippen molar-refractivity contribution >= 4 is 23.2 Å². The van der Waals surface area contributed by atoms with Crippen LogP contribution in [0.3, 0.4) is 0 Å². The number of hydrazine groups is 1. The lowest BCUT2D eigenvalue weighted by atomic mass is 10.0. The van der Waals surface area contributed by atoms with Gasteiger partial charge in [0.1, 0.15) is 5.92 Å². The number of benzene rings is 2. The molecule has 0 N–H and O–H groups in total. The maximum absolute atomic E-state index is 12.9. The fourth-order valence-electron chi connectivity index (χ4n) is 2.88. The molecule has 25 heavy (non-hydrogen) atoms. The number of hydrogen-bond acceptors (Lipinski definition) is 2. The molecule has 3 rings (SSSR count). The Bertz CT molecular complexity index is 628. The lowest BCUT2D eigenvalue weighted by molar-refractivity contribution is -0.127. The molecule has 2 aromatic carbocycles. The number of carbonyl (C=O) groups excluding carboxylic acids is 2. The van der Waals surface area contributed by atoms with E-state index in [0.29, 0.717) is 17.8 Å². The third-order valence-electron chi connectivity index (χ3n) is 4.06. The highest BCUT2D eigenvalue weighted by molar-refractivity contribution is 6.22. The highest BCUT2D eigenvalue weighted by Crippen LogP contribution is 2.33. The second-order valence-electron chi connectivity index (χ2n) is 5.67. The number of rotatable bonds is 5. The van der Waals surface area contributed by atoms with Gasteiger partial charge in [-0.15, -0.1) is 0 Å². The van der Waals surface area contributed by atoms with E-state index in [9.17, 15) is 9.59 Å². The molecular formula is C21H26N2O2. The van der Waals surface area contributed by atoms with E-state index in [1.165, 1.54) is 10.0 Å². The van der Waals surface area contributed by atoms with Gasteiger partial charge in [0.2, 0.25) is 0 Å². The van der Waals surface area contributed by atoms with Crippen molar-refractivity contribution in [3.63, 3.8) is 0 Å². The zero-order chi connectivity index (χ0) is 18.2. The first-order valence-corrected chi connectivity index (χ1v) is 9.02. The summed E-state index contributed by atoms with van der Waals surface area (Å²) in [5.74, 6) is -0.868. The van der Waals surface area contributed by atoms with Crippen molar-refractivity contribution in [3.05, 3.63) is 60.7 Å². The van der Waals surface area contributed by atoms with E-state index in [2.05, 4.69) is 6.92 Å². The van der Waals surface area contributed by atoms with Crippen LogP contribution < -0.4 is 10.0 Å². The van der Waals surface area contributed by atoms with E-state index in [-0.39, 0.29) is 11.8 Å². The van der Waals surface area contributed by atoms with Gasteiger partial charge in [0.25, 0.3) is 11.8 Å². The molecule has 1 fully saturated rings. The highest BCUT2D eigenvalue weighted by Gasteiger charge is 2.46. The van der Waals surface area contributed by atoms with Crippen molar-refractivity contribution in [2.24, 2.45) is 5.92 Å². The second kappa shape index (κ2) is 9.02. The number of unbranched alkanes of at least 4 members (excludes halogenated alkanes) is 1. The maximum Gasteiger partial charge on any atom is 0.258 e. The van der Waals surface area contributed by atoms with Gasteiger partial charge in [-0.1, -0.05) is 70.0 Å². The van der Waals surface area contributed by atoms with Crippen LogP contribution in [0.1, 0.15) is 40.0 Å². The first-order valence-electron chi connectivity index (χ1n) is 9.02. The summed E-state index contributed by atoms with van der Waals surface area (Å²) in [7, 11) is 0. The van der Waals surface area contributed by atoms with Crippen LogP contribution in [0.2, 0.25) is 0 Å². The molecule has 2 aromatic rings. The zero-order valence-electron chi connectivity index (χ0n) is 15.2. The Hall–Kier alpha value is -2.62. The van der Waals surface area contributed by atoms with Crippen LogP contribution in [-0.2, 0) is 9.59 Å². The molecule has 0 atom stereocenters. The van der Waals surface area contributed by atoms with Crippen LogP contribution in [0.15, 0.2) is 60.7 Å².